The topological polar surface area (TPSA) is 114 Å². The normalized spacial score (nSPS) is 18.5. The first-order valence-electron chi connectivity index (χ1n) is 7.87. The molecule has 1 aromatic carbocycles. The Hall–Kier alpha value is -3.01. The third-order valence-electron chi connectivity index (χ3n) is 4.24. The number of nitro groups is 1. The van der Waals surface area contributed by atoms with E-state index in [1.165, 1.54) is 6.20 Å². The van der Waals surface area contributed by atoms with Crippen LogP contribution in [0.2, 0.25) is 5.02 Å². The van der Waals surface area contributed by atoms with Gasteiger partial charge >= 0.3 is 11.8 Å². The lowest BCUT2D eigenvalue weighted by atomic mass is 10.00. The first-order chi connectivity index (χ1) is 12.4. The summed E-state index contributed by atoms with van der Waals surface area (Å²) in [6.07, 6.45) is 2.58. The molecule has 2 aromatic heterocycles. The van der Waals surface area contributed by atoms with E-state index in [0.29, 0.717) is 30.2 Å². The molecule has 1 aliphatic heterocycles. The third kappa shape index (κ3) is 2.99. The van der Waals surface area contributed by atoms with Gasteiger partial charge in [0.15, 0.2) is 5.82 Å². The first-order valence-corrected chi connectivity index (χ1v) is 8.25. The molecule has 0 saturated heterocycles. The fourth-order valence-corrected chi connectivity index (χ4v) is 3.06. The van der Waals surface area contributed by atoms with Gasteiger partial charge in [0.1, 0.15) is 11.8 Å². The summed E-state index contributed by atoms with van der Waals surface area (Å²) in [4.78, 5) is 14.1. The van der Waals surface area contributed by atoms with E-state index in [4.69, 9.17) is 16.3 Å². The Kier molecular flexibility index (Phi) is 3.83. The Morgan fingerprint density at radius 1 is 1.38 bits per heavy atom. The number of benzene rings is 1. The maximum absolute atomic E-state index is 10.8. The van der Waals surface area contributed by atoms with Gasteiger partial charge in [-0.1, -0.05) is 11.6 Å². The number of halogens is 1. The molecule has 26 heavy (non-hydrogen) atoms. The van der Waals surface area contributed by atoms with Crippen LogP contribution in [0.4, 0.5) is 5.82 Å². The highest BCUT2D eigenvalue weighted by Crippen LogP contribution is 2.33. The second kappa shape index (κ2) is 6.06. The number of fused-ring (bicyclic) bond motifs is 1. The predicted molar refractivity (Wildman–Crippen MR) is 90.4 cm³/mol. The molecule has 1 atom stereocenters. The van der Waals surface area contributed by atoms with Gasteiger partial charge in [-0.25, -0.2) is 0 Å². The van der Waals surface area contributed by atoms with Crippen LogP contribution in [0.15, 0.2) is 30.5 Å². The molecule has 1 aliphatic rings. The van der Waals surface area contributed by atoms with E-state index in [0.717, 1.165) is 5.69 Å². The minimum atomic E-state index is -0.535. The van der Waals surface area contributed by atoms with Crippen LogP contribution in [0, 0.1) is 10.1 Å². The highest BCUT2D eigenvalue weighted by atomic mass is 35.5. The SMILES string of the molecule is CC1(CCc2nnnn2-c2ccc(Cl)cc2)Cn2cc([N+](=O)[O-])nc2O1. The maximum Gasteiger partial charge on any atom is 0.414 e. The predicted octanol–water partition coefficient (Wildman–Crippen LogP) is 2.20. The van der Waals surface area contributed by atoms with Gasteiger partial charge in [0, 0.05) is 16.4 Å². The van der Waals surface area contributed by atoms with Crippen LogP contribution in [0.1, 0.15) is 19.2 Å². The third-order valence-corrected chi connectivity index (χ3v) is 4.49. The second-order valence-corrected chi connectivity index (χ2v) is 6.74. The second-order valence-electron chi connectivity index (χ2n) is 6.30. The number of ether oxygens (including phenoxy) is 1. The van der Waals surface area contributed by atoms with Crippen LogP contribution in [-0.2, 0) is 13.0 Å². The van der Waals surface area contributed by atoms with Gasteiger partial charge < -0.3 is 14.9 Å². The zero-order valence-electron chi connectivity index (χ0n) is 13.7. The van der Waals surface area contributed by atoms with E-state index in [2.05, 4.69) is 20.5 Å². The number of aromatic nitrogens is 6. The van der Waals surface area contributed by atoms with Crippen molar-refractivity contribution in [2.24, 2.45) is 0 Å². The van der Waals surface area contributed by atoms with Crippen LogP contribution < -0.4 is 4.74 Å². The number of nitrogens with zero attached hydrogens (tertiary/aromatic N) is 7. The lowest BCUT2D eigenvalue weighted by Gasteiger charge is -2.21. The molecule has 0 radical (unpaired) electrons. The van der Waals surface area contributed by atoms with Gasteiger partial charge in [-0.3, -0.25) is 4.57 Å². The van der Waals surface area contributed by atoms with E-state index in [9.17, 15) is 10.1 Å². The first kappa shape index (κ1) is 16.5. The van der Waals surface area contributed by atoms with Crippen LogP contribution in [-0.4, -0.2) is 40.3 Å². The minimum Gasteiger partial charge on any atom is -0.438 e. The molecule has 3 aromatic rings. The minimum absolute atomic E-state index is 0.214. The van der Waals surface area contributed by atoms with Crippen molar-refractivity contribution in [1.82, 2.24) is 29.8 Å². The molecule has 11 heteroatoms. The Bertz CT molecular complexity index is 943. The average Bonchev–Trinajstić information content (AvgIpc) is 3.27. The largest absolute Gasteiger partial charge is 0.438 e. The summed E-state index contributed by atoms with van der Waals surface area (Å²) in [6, 6.07) is 7.48. The number of hydrogen-bond donors (Lipinski definition) is 0. The fraction of sp³-hybridized carbons (Fsp3) is 0.333. The summed E-state index contributed by atoms with van der Waals surface area (Å²) in [7, 11) is 0. The molecule has 0 fully saturated rings. The number of rotatable bonds is 5. The van der Waals surface area contributed by atoms with E-state index in [1.807, 2.05) is 19.1 Å². The monoisotopic (exact) mass is 375 g/mol. The summed E-state index contributed by atoms with van der Waals surface area (Å²) in [5.74, 6) is 0.474. The molecule has 0 spiro atoms. The molecule has 0 saturated carbocycles. The number of aryl methyl sites for hydroxylation is 1. The van der Waals surface area contributed by atoms with Crippen molar-refractivity contribution >= 4 is 17.4 Å². The van der Waals surface area contributed by atoms with Crippen molar-refractivity contribution in [2.45, 2.75) is 31.9 Å². The molecule has 1 unspecified atom stereocenters. The fourth-order valence-electron chi connectivity index (χ4n) is 2.93. The van der Waals surface area contributed by atoms with Crippen LogP contribution in [0.25, 0.3) is 5.69 Å². The van der Waals surface area contributed by atoms with Crippen LogP contribution in [0.3, 0.4) is 0 Å². The molecule has 3 heterocycles. The summed E-state index contributed by atoms with van der Waals surface area (Å²) >= 11 is 5.91. The zero-order valence-corrected chi connectivity index (χ0v) is 14.5. The number of imidazole rings is 1. The molecule has 0 aliphatic carbocycles. The standard InChI is InChI=1S/C15H14ClN7O3/c1-15(9-21-8-13(23(24)25)17-14(21)26-15)7-6-12-18-19-20-22(12)11-4-2-10(16)3-5-11/h2-5,8H,6-7,9H2,1H3. The molecule has 4 rings (SSSR count). The van der Waals surface area contributed by atoms with Gasteiger partial charge in [0.25, 0.3) is 0 Å². The van der Waals surface area contributed by atoms with Gasteiger partial charge in [-0.2, -0.15) is 4.68 Å². The molecule has 0 bridgehead atoms. The number of hydrogen-bond acceptors (Lipinski definition) is 7. The van der Waals surface area contributed by atoms with Crippen LogP contribution in [0.5, 0.6) is 6.01 Å². The lowest BCUT2D eigenvalue weighted by molar-refractivity contribution is -0.389. The molecule has 0 N–H and O–H groups in total. The van der Waals surface area contributed by atoms with E-state index in [-0.39, 0.29) is 11.8 Å². The quantitative estimate of drug-likeness (QED) is 0.496. The zero-order chi connectivity index (χ0) is 18.3. The van der Waals surface area contributed by atoms with Gasteiger partial charge in [-0.15, -0.1) is 5.10 Å². The average molecular weight is 376 g/mol. The van der Waals surface area contributed by atoms with Crippen molar-refractivity contribution in [1.29, 1.82) is 0 Å². The highest BCUT2D eigenvalue weighted by Gasteiger charge is 2.40. The summed E-state index contributed by atoms with van der Waals surface area (Å²) < 4.78 is 9.14. The molecule has 134 valence electrons. The van der Waals surface area contributed by atoms with E-state index in [1.54, 1.807) is 21.4 Å². The Morgan fingerprint density at radius 2 is 2.15 bits per heavy atom. The summed E-state index contributed by atoms with van der Waals surface area (Å²) in [5, 5.41) is 23.3. The van der Waals surface area contributed by atoms with Crippen LogP contribution >= 0.6 is 11.6 Å². The smallest absolute Gasteiger partial charge is 0.414 e. The molecular formula is C15H14ClN7O3. The lowest BCUT2D eigenvalue weighted by Crippen LogP contribution is -2.32. The van der Waals surface area contributed by atoms with Gasteiger partial charge in [-0.05, 0) is 53.0 Å². The Balaban J connectivity index is 1.47. The van der Waals surface area contributed by atoms with E-state index < -0.39 is 10.5 Å². The molecular weight excluding hydrogens is 362 g/mol. The Labute approximate surface area is 152 Å². The molecule has 0 amide bonds. The summed E-state index contributed by atoms with van der Waals surface area (Å²) in [6.45, 7) is 2.41. The van der Waals surface area contributed by atoms with Gasteiger partial charge in [0.2, 0.25) is 0 Å². The van der Waals surface area contributed by atoms with Crippen molar-refractivity contribution in [3.8, 4) is 11.7 Å². The van der Waals surface area contributed by atoms with Crippen molar-refractivity contribution in [2.75, 3.05) is 0 Å². The van der Waals surface area contributed by atoms with E-state index >= 15 is 0 Å². The number of tetrazole rings is 1. The molecule has 10 nitrogen and oxygen atoms in total. The highest BCUT2D eigenvalue weighted by molar-refractivity contribution is 6.30. The Morgan fingerprint density at radius 3 is 2.85 bits per heavy atom. The van der Waals surface area contributed by atoms with Crippen molar-refractivity contribution < 1.29 is 9.66 Å². The summed E-state index contributed by atoms with van der Waals surface area (Å²) in [5.41, 5.74) is 0.282. The van der Waals surface area contributed by atoms with Gasteiger partial charge in [0.05, 0.1) is 12.2 Å². The maximum atomic E-state index is 10.8. The van der Waals surface area contributed by atoms with Crippen molar-refractivity contribution in [3.63, 3.8) is 0 Å². The van der Waals surface area contributed by atoms with Crippen molar-refractivity contribution in [3.05, 3.63) is 51.4 Å².